The number of nitrogens with zero attached hydrogens (tertiary/aromatic N) is 2. The summed E-state index contributed by atoms with van der Waals surface area (Å²) in [7, 11) is 0. The number of benzene rings is 4. The highest BCUT2D eigenvalue weighted by Gasteiger charge is 2.20. The molecule has 194 valence electrons. The summed E-state index contributed by atoms with van der Waals surface area (Å²) in [6.07, 6.45) is 2.47. The van der Waals surface area contributed by atoms with Crippen molar-refractivity contribution >= 4 is 34.1 Å². The van der Waals surface area contributed by atoms with Gasteiger partial charge in [-0.3, -0.25) is 4.79 Å². The zero-order valence-corrected chi connectivity index (χ0v) is 21.5. The van der Waals surface area contributed by atoms with E-state index in [4.69, 9.17) is 15.7 Å². The van der Waals surface area contributed by atoms with Crippen LogP contribution in [0.15, 0.2) is 97.1 Å². The van der Waals surface area contributed by atoms with E-state index in [1.165, 1.54) is 12.8 Å². The van der Waals surface area contributed by atoms with Crippen molar-refractivity contribution in [2.45, 2.75) is 32.0 Å². The fourth-order valence-electron chi connectivity index (χ4n) is 4.55. The van der Waals surface area contributed by atoms with Crippen molar-refractivity contribution in [2.24, 2.45) is 5.73 Å². The van der Waals surface area contributed by atoms with Crippen LogP contribution in [-0.4, -0.2) is 21.9 Å². The Morgan fingerprint density at radius 2 is 1.64 bits per heavy atom. The summed E-state index contributed by atoms with van der Waals surface area (Å²) in [4.78, 5) is 22.6. The van der Waals surface area contributed by atoms with Gasteiger partial charge < -0.3 is 21.7 Å². The lowest BCUT2D eigenvalue weighted by molar-refractivity contribution is 0.102. The lowest BCUT2D eigenvalue weighted by Crippen LogP contribution is -2.17. The lowest BCUT2D eigenvalue weighted by atomic mass is 10.1. The summed E-state index contributed by atoms with van der Waals surface area (Å²) in [5.74, 6) is 0.311. The molecule has 1 saturated carbocycles. The summed E-state index contributed by atoms with van der Waals surface area (Å²) in [6, 6.07) is 32.0. The van der Waals surface area contributed by atoms with Crippen molar-refractivity contribution in [3.05, 3.63) is 114 Å². The highest BCUT2D eigenvalue weighted by Crippen LogP contribution is 2.28. The second-order valence-electron chi connectivity index (χ2n) is 9.79. The third-order valence-electron chi connectivity index (χ3n) is 6.87. The number of rotatable bonds is 9. The third kappa shape index (κ3) is 5.80. The first-order valence-electron chi connectivity index (χ1n) is 13.2. The maximum Gasteiger partial charge on any atom is 0.255 e. The van der Waals surface area contributed by atoms with Gasteiger partial charge in [0.2, 0.25) is 5.95 Å². The summed E-state index contributed by atoms with van der Waals surface area (Å²) in [5.41, 5.74) is 12.8. The van der Waals surface area contributed by atoms with Crippen molar-refractivity contribution < 1.29 is 4.79 Å². The molecule has 5 aromatic rings. The van der Waals surface area contributed by atoms with Crippen LogP contribution in [0.5, 0.6) is 0 Å². The van der Waals surface area contributed by atoms with Crippen LogP contribution >= 0.6 is 0 Å². The van der Waals surface area contributed by atoms with Gasteiger partial charge in [-0.25, -0.2) is 9.97 Å². The zero-order chi connectivity index (χ0) is 26.6. The van der Waals surface area contributed by atoms with Gasteiger partial charge in [-0.1, -0.05) is 60.7 Å². The Hall–Kier alpha value is -4.59. The van der Waals surface area contributed by atoms with Gasteiger partial charge >= 0.3 is 0 Å². The van der Waals surface area contributed by atoms with Gasteiger partial charge in [0, 0.05) is 47.0 Å². The SMILES string of the molecule is NCc1ccc(CNC2CC2)cc1NC(=O)c1ccc(Nc2nc(-c3ccccc3)c3ccccc3n2)cc1. The van der Waals surface area contributed by atoms with Gasteiger partial charge in [-0.05, 0) is 60.4 Å². The van der Waals surface area contributed by atoms with Crippen LogP contribution in [0.1, 0.15) is 34.3 Å². The van der Waals surface area contributed by atoms with Crippen LogP contribution in [-0.2, 0) is 13.1 Å². The molecule has 0 atom stereocenters. The predicted octanol–water partition coefficient (Wildman–Crippen LogP) is 6.00. The van der Waals surface area contributed by atoms with Crippen LogP contribution in [0.25, 0.3) is 22.2 Å². The maximum atomic E-state index is 13.1. The molecular formula is C32H30N6O. The van der Waals surface area contributed by atoms with E-state index >= 15 is 0 Å². The van der Waals surface area contributed by atoms with Crippen LogP contribution in [0.2, 0.25) is 0 Å². The molecule has 1 aromatic heterocycles. The number of carbonyl (C=O) groups excluding carboxylic acids is 1. The molecule has 0 radical (unpaired) electrons. The molecule has 1 aliphatic rings. The summed E-state index contributed by atoms with van der Waals surface area (Å²) >= 11 is 0. The Morgan fingerprint density at radius 1 is 0.872 bits per heavy atom. The molecule has 39 heavy (non-hydrogen) atoms. The number of aromatic nitrogens is 2. The van der Waals surface area contributed by atoms with E-state index in [9.17, 15) is 4.79 Å². The van der Waals surface area contributed by atoms with Crippen molar-refractivity contribution in [3.63, 3.8) is 0 Å². The number of fused-ring (bicyclic) bond motifs is 1. The van der Waals surface area contributed by atoms with Crippen LogP contribution in [0.4, 0.5) is 17.3 Å². The highest BCUT2D eigenvalue weighted by atomic mass is 16.1. The molecule has 5 N–H and O–H groups in total. The minimum Gasteiger partial charge on any atom is -0.326 e. The molecule has 7 heteroatoms. The molecule has 4 aromatic carbocycles. The summed E-state index contributed by atoms with van der Waals surface area (Å²) in [6.45, 7) is 1.13. The van der Waals surface area contributed by atoms with Crippen LogP contribution in [0.3, 0.4) is 0 Å². The van der Waals surface area contributed by atoms with E-state index < -0.39 is 0 Å². The predicted molar refractivity (Wildman–Crippen MR) is 157 cm³/mol. The Kier molecular flexibility index (Phi) is 6.99. The summed E-state index contributed by atoms with van der Waals surface area (Å²) < 4.78 is 0. The van der Waals surface area contributed by atoms with Crippen molar-refractivity contribution in [3.8, 4) is 11.3 Å². The van der Waals surface area contributed by atoms with Gasteiger partial charge in [-0.15, -0.1) is 0 Å². The van der Waals surface area contributed by atoms with Gasteiger partial charge in [-0.2, -0.15) is 0 Å². The fraction of sp³-hybridized carbons (Fsp3) is 0.156. The van der Waals surface area contributed by atoms with Crippen molar-refractivity contribution in [2.75, 3.05) is 10.6 Å². The number of para-hydroxylation sites is 1. The molecule has 0 saturated heterocycles. The first-order chi connectivity index (χ1) is 19.2. The minimum atomic E-state index is -0.183. The van der Waals surface area contributed by atoms with Crippen molar-refractivity contribution in [1.82, 2.24) is 15.3 Å². The Bertz CT molecular complexity index is 1610. The normalized spacial score (nSPS) is 12.8. The number of nitrogens with one attached hydrogen (secondary N) is 3. The van der Waals surface area contributed by atoms with Gasteiger partial charge in [0.1, 0.15) is 0 Å². The molecule has 0 aliphatic heterocycles. The molecule has 6 rings (SSSR count). The lowest BCUT2D eigenvalue weighted by Gasteiger charge is -2.13. The Morgan fingerprint density at radius 3 is 2.41 bits per heavy atom. The van der Waals surface area contributed by atoms with Gasteiger partial charge in [0.05, 0.1) is 11.2 Å². The largest absolute Gasteiger partial charge is 0.326 e. The molecule has 7 nitrogen and oxygen atoms in total. The molecule has 0 bridgehead atoms. The molecule has 0 unspecified atom stereocenters. The molecule has 1 amide bonds. The molecule has 1 aliphatic carbocycles. The van der Waals surface area contributed by atoms with E-state index in [0.29, 0.717) is 24.1 Å². The topological polar surface area (TPSA) is 105 Å². The molecule has 1 heterocycles. The quantitative estimate of drug-likeness (QED) is 0.192. The second-order valence-corrected chi connectivity index (χ2v) is 9.79. The van der Waals surface area contributed by atoms with E-state index in [1.54, 1.807) is 12.1 Å². The first-order valence-corrected chi connectivity index (χ1v) is 13.2. The molecule has 1 fully saturated rings. The number of carbonyl (C=O) groups is 1. The fourth-order valence-corrected chi connectivity index (χ4v) is 4.55. The standard InChI is InChI=1S/C32H30N6O/c33-19-24-11-10-21(20-34-25-16-17-25)18-29(24)36-31(39)23-12-14-26(15-13-23)35-32-37-28-9-5-4-8-27(28)30(38-32)22-6-2-1-3-7-22/h1-15,18,25,34H,16-17,19-20,33H2,(H,36,39)(H,35,37,38). The average Bonchev–Trinajstić information content (AvgIpc) is 3.81. The second kappa shape index (κ2) is 11.0. The number of amides is 1. The smallest absolute Gasteiger partial charge is 0.255 e. The van der Waals surface area contributed by atoms with Gasteiger partial charge in [0.25, 0.3) is 5.91 Å². The highest BCUT2D eigenvalue weighted by molar-refractivity contribution is 6.05. The van der Waals surface area contributed by atoms with Crippen LogP contribution in [0, 0.1) is 0 Å². The van der Waals surface area contributed by atoms with Crippen molar-refractivity contribution in [1.29, 1.82) is 0 Å². The minimum absolute atomic E-state index is 0.183. The summed E-state index contributed by atoms with van der Waals surface area (Å²) in [5, 5.41) is 10.8. The number of hydrogen-bond acceptors (Lipinski definition) is 6. The van der Waals surface area contributed by atoms with Gasteiger partial charge in [0.15, 0.2) is 0 Å². The maximum absolute atomic E-state index is 13.1. The van der Waals surface area contributed by atoms with Crippen LogP contribution < -0.4 is 21.7 Å². The Labute approximate surface area is 227 Å². The third-order valence-corrected chi connectivity index (χ3v) is 6.87. The first kappa shape index (κ1) is 24.7. The number of anilines is 3. The number of nitrogens with two attached hydrogens (primary N) is 1. The molecular weight excluding hydrogens is 484 g/mol. The Balaban J connectivity index is 1.19. The monoisotopic (exact) mass is 514 g/mol. The average molecular weight is 515 g/mol. The van der Waals surface area contributed by atoms with E-state index in [2.05, 4.69) is 22.0 Å². The van der Waals surface area contributed by atoms with E-state index in [0.717, 1.165) is 51.2 Å². The van der Waals surface area contributed by atoms with E-state index in [1.807, 2.05) is 78.9 Å². The van der Waals surface area contributed by atoms with E-state index in [-0.39, 0.29) is 5.91 Å². The zero-order valence-electron chi connectivity index (χ0n) is 21.5. The molecule has 0 spiro atoms. The number of hydrogen-bond donors (Lipinski definition) is 4.